The van der Waals surface area contributed by atoms with Gasteiger partial charge in [-0.2, -0.15) is 0 Å². The summed E-state index contributed by atoms with van der Waals surface area (Å²) in [7, 11) is 0. The Balaban J connectivity index is 5.12. The third-order valence-electron chi connectivity index (χ3n) is 4.42. The summed E-state index contributed by atoms with van der Waals surface area (Å²) in [5.74, 6) is -4.85. The molecule has 0 spiro atoms. The summed E-state index contributed by atoms with van der Waals surface area (Å²) in [4.78, 5) is 70.4. The molecule has 0 rings (SSSR count). The lowest BCUT2D eigenvalue weighted by Crippen LogP contribution is -2.56. The van der Waals surface area contributed by atoms with E-state index >= 15 is 0 Å². The van der Waals surface area contributed by atoms with Gasteiger partial charge in [-0.05, 0) is 32.1 Å². The molecule has 182 valence electrons. The van der Waals surface area contributed by atoms with Gasteiger partial charge in [-0.25, -0.2) is 4.79 Å². The fourth-order valence-corrected chi connectivity index (χ4v) is 2.67. The fraction of sp³-hybridized carbons (Fsp3) is 0.684. The van der Waals surface area contributed by atoms with Gasteiger partial charge >= 0.3 is 5.97 Å². The van der Waals surface area contributed by atoms with Gasteiger partial charge in [0.05, 0.1) is 6.04 Å². The number of carboxylic acid groups (broad SMARTS) is 1. The molecule has 4 unspecified atom stereocenters. The SMILES string of the molecule is CC(C)CC(N)C(=O)NC(CCC(N)=O)C(=O)NC(C)C(=O)NC(CCC(N)=O)C(=O)O. The predicted molar refractivity (Wildman–Crippen MR) is 113 cm³/mol. The van der Waals surface area contributed by atoms with Gasteiger partial charge in [0.1, 0.15) is 18.1 Å². The summed E-state index contributed by atoms with van der Waals surface area (Å²) in [5, 5.41) is 16.2. The summed E-state index contributed by atoms with van der Waals surface area (Å²) < 4.78 is 0. The number of rotatable bonds is 15. The van der Waals surface area contributed by atoms with Crippen LogP contribution in [0, 0.1) is 5.92 Å². The Kier molecular flexibility index (Phi) is 12.6. The van der Waals surface area contributed by atoms with E-state index in [1.54, 1.807) is 0 Å². The largest absolute Gasteiger partial charge is 0.480 e. The van der Waals surface area contributed by atoms with Gasteiger partial charge < -0.3 is 38.3 Å². The van der Waals surface area contributed by atoms with E-state index in [-0.39, 0.29) is 31.6 Å². The number of primary amides is 2. The van der Waals surface area contributed by atoms with Crippen LogP contribution in [0.1, 0.15) is 52.9 Å². The van der Waals surface area contributed by atoms with Crippen LogP contribution >= 0.6 is 0 Å². The van der Waals surface area contributed by atoms with Crippen LogP contribution in [0.3, 0.4) is 0 Å². The molecule has 0 aromatic heterocycles. The lowest BCUT2D eigenvalue weighted by atomic mass is 10.0. The van der Waals surface area contributed by atoms with Crippen LogP contribution in [0.5, 0.6) is 0 Å². The minimum absolute atomic E-state index is 0.119. The number of nitrogens with two attached hydrogens (primary N) is 3. The van der Waals surface area contributed by atoms with E-state index in [0.29, 0.717) is 6.42 Å². The smallest absolute Gasteiger partial charge is 0.326 e. The number of amides is 5. The van der Waals surface area contributed by atoms with Gasteiger partial charge in [-0.15, -0.1) is 0 Å². The van der Waals surface area contributed by atoms with Gasteiger partial charge in [0.15, 0.2) is 0 Å². The molecule has 0 aliphatic carbocycles. The van der Waals surface area contributed by atoms with Crippen LogP contribution in [0.4, 0.5) is 0 Å². The van der Waals surface area contributed by atoms with Crippen molar-refractivity contribution in [1.29, 1.82) is 0 Å². The second kappa shape index (κ2) is 14.0. The Morgan fingerprint density at radius 1 is 0.750 bits per heavy atom. The second-order valence-corrected chi connectivity index (χ2v) is 7.94. The molecule has 0 bridgehead atoms. The molecule has 0 heterocycles. The normalized spacial score (nSPS) is 14.5. The van der Waals surface area contributed by atoms with Gasteiger partial charge in [0.2, 0.25) is 29.5 Å². The number of nitrogens with one attached hydrogen (secondary N) is 3. The molecule has 0 aromatic carbocycles. The Morgan fingerprint density at radius 3 is 1.66 bits per heavy atom. The molecule has 0 aliphatic rings. The minimum atomic E-state index is -1.38. The highest BCUT2D eigenvalue weighted by atomic mass is 16.4. The topological polar surface area (TPSA) is 237 Å². The average Bonchev–Trinajstić information content (AvgIpc) is 2.66. The molecule has 32 heavy (non-hydrogen) atoms. The molecule has 13 nitrogen and oxygen atoms in total. The number of carboxylic acids is 1. The van der Waals surface area contributed by atoms with Crippen molar-refractivity contribution in [1.82, 2.24) is 16.0 Å². The van der Waals surface area contributed by atoms with Gasteiger partial charge in [0, 0.05) is 12.8 Å². The number of aliphatic carboxylic acids is 1. The van der Waals surface area contributed by atoms with E-state index in [9.17, 15) is 28.8 Å². The maximum Gasteiger partial charge on any atom is 0.326 e. The van der Waals surface area contributed by atoms with Crippen molar-refractivity contribution in [3.8, 4) is 0 Å². The Morgan fingerprint density at radius 2 is 1.22 bits per heavy atom. The highest BCUT2D eigenvalue weighted by molar-refractivity contribution is 5.94. The van der Waals surface area contributed by atoms with E-state index < -0.39 is 59.7 Å². The van der Waals surface area contributed by atoms with Crippen LogP contribution in [-0.4, -0.2) is 64.8 Å². The summed E-state index contributed by atoms with van der Waals surface area (Å²) in [6.07, 6.45) is -0.423. The Labute approximate surface area is 186 Å². The maximum atomic E-state index is 12.6. The zero-order chi connectivity index (χ0) is 25.0. The van der Waals surface area contributed by atoms with Crippen molar-refractivity contribution < 1.29 is 33.9 Å². The highest BCUT2D eigenvalue weighted by Crippen LogP contribution is 2.05. The number of carbonyl (C=O) groups excluding carboxylic acids is 5. The molecule has 10 N–H and O–H groups in total. The second-order valence-electron chi connectivity index (χ2n) is 7.94. The Hall–Kier alpha value is -3.22. The van der Waals surface area contributed by atoms with Gasteiger partial charge in [-0.1, -0.05) is 13.8 Å². The van der Waals surface area contributed by atoms with Crippen molar-refractivity contribution in [3.05, 3.63) is 0 Å². The molecular formula is C19H34N6O7. The molecule has 0 aromatic rings. The fourth-order valence-electron chi connectivity index (χ4n) is 2.67. The van der Waals surface area contributed by atoms with E-state index in [1.165, 1.54) is 6.92 Å². The number of hydrogen-bond acceptors (Lipinski definition) is 7. The monoisotopic (exact) mass is 458 g/mol. The van der Waals surface area contributed by atoms with Crippen LogP contribution in [0.25, 0.3) is 0 Å². The van der Waals surface area contributed by atoms with Gasteiger partial charge in [-0.3, -0.25) is 24.0 Å². The highest BCUT2D eigenvalue weighted by Gasteiger charge is 2.28. The number of hydrogen-bond donors (Lipinski definition) is 7. The first-order valence-corrected chi connectivity index (χ1v) is 10.2. The van der Waals surface area contributed by atoms with Gasteiger partial charge in [0.25, 0.3) is 0 Å². The molecule has 0 aliphatic heterocycles. The van der Waals surface area contributed by atoms with Crippen molar-refractivity contribution >= 4 is 35.5 Å². The molecule has 5 amide bonds. The first-order chi connectivity index (χ1) is 14.7. The molecule has 0 fully saturated rings. The lowest BCUT2D eigenvalue weighted by Gasteiger charge is -2.23. The van der Waals surface area contributed by atoms with Crippen LogP contribution < -0.4 is 33.2 Å². The molecule has 0 saturated carbocycles. The molecule has 0 saturated heterocycles. The molecular weight excluding hydrogens is 424 g/mol. The van der Waals surface area contributed by atoms with Crippen molar-refractivity contribution in [2.24, 2.45) is 23.1 Å². The molecule has 0 radical (unpaired) electrons. The zero-order valence-corrected chi connectivity index (χ0v) is 18.6. The Bertz CT molecular complexity index is 712. The molecule has 4 atom stereocenters. The first-order valence-electron chi connectivity index (χ1n) is 10.2. The van der Waals surface area contributed by atoms with Crippen molar-refractivity contribution in [2.45, 2.75) is 77.0 Å². The van der Waals surface area contributed by atoms with Crippen LogP contribution in [0.2, 0.25) is 0 Å². The summed E-state index contributed by atoms with van der Waals surface area (Å²) in [5.41, 5.74) is 15.9. The molecule has 13 heteroatoms. The lowest BCUT2D eigenvalue weighted by molar-refractivity contribution is -0.142. The minimum Gasteiger partial charge on any atom is -0.480 e. The van der Waals surface area contributed by atoms with E-state index in [1.807, 2.05) is 13.8 Å². The average molecular weight is 459 g/mol. The van der Waals surface area contributed by atoms with E-state index in [2.05, 4.69) is 16.0 Å². The standard InChI is InChI=1S/C19H34N6O7/c1-9(2)8-11(20)17(29)24-12(4-6-14(21)26)18(30)23-10(3)16(28)25-13(19(31)32)5-7-15(22)27/h9-13H,4-8,20H2,1-3H3,(H2,21,26)(H2,22,27)(H,23,30)(H,24,29)(H,25,28)(H,31,32). The van der Waals surface area contributed by atoms with E-state index in [0.717, 1.165) is 0 Å². The first kappa shape index (κ1) is 28.8. The third kappa shape index (κ3) is 11.8. The maximum absolute atomic E-state index is 12.6. The summed E-state index contributed by atoms with van der Waals surface area (Å²) >= 11 is 0. The van der Waals surface area contributed by atoms with Crippen LogP contribution in [0.15, 0.2) is 0 Å². The van der Waals surface area contributed by atoms with E-state index in [4.69, 9.17) is 22.3 Å². The predicted octanol–water partition coefficient (Wildman–Crippen LogP) is -2.55. The zero-order valence-electron chi connectivity index (χ0n) is 18.6. The summed E-state index contributed by atoms with van der Waals surface area (Å²) in [6, 6.07) is -4.63. The third-order valence-corrected chi connectivity index (χ3v) is 4.42. The van der Waals surface area contributed by atoms with Crippen LogP contribution in [-0.2, 0) is 28.8 Å². The number of carbonyl (C=O) groups is 6. The quantitative estimate of drug-likeness (QED) is 0.137. The van der Waals surface area contributed by atoms with Crippen molar-refractivity contribution in [3.63, 3.8) is 0 Å². The summed E-state index contributed by atoms with van der Waals surface area (Å²) in [6.45, 7) is 5.05. The van der Waals surface area contributed by atoms with Crippen molar-refractivity contribution in [2.75, 3.05) is 0 Å².